The Kier molecular flexibility index (Phi) is 4.06. The summed E-state index contributed by atoms with van der Waals surface area (Å²) in [4.78, 5) is 3.41. The molecule has 100 valence electrons. The Morgan fingerprint density at radius 2 is 2.17 bits per heavy atom. The van der Waals surface area contributed by atoms with Crippen molar-refractivity contribution < 1.29 is 13.2 Å². The van der Waals surface area contributed by atoms with Crippen molar-refractivity contribution in [3.8, 4) is 0 Å². The molecule has 1 aliphatic heterocycles. The molecule has 0 amide bonds. The van der Waals surface area contributed by atoms with E-state index in [4.69, 9.17) is 0 Å². The summed E-state index contributed by atoms with van der Waals surface area (Å²) in [6, 6.07) is 2.80. The average Bonchev–Trinajstić information content (AvgIpc) is 2.37. The summed E-state index contributed by atoms with van der Waals surface area (Å²) >= 11 is 0. The molecule has 6 heteroatoms. The Balaban J connectivity index is 1.86. The lowest BCUT2D eigenvalue weighted by molar-refractivity contribution is -0.141. The van der Waals surface area contributed by atoms with E-state index in [1.807, 2.05) is 0 Å². The van der Waals surface area contributed by atoms with Gasteiger partial charge in [0, 0.05) is 12.6 Å². The van der Waals surface area contributed by atoms with Crippen LogP contribution >= 0.6 is 0 Å². The quantitative estimate of drug-likeness (QED) is 0.876. The van der Waals surface area contributed by atoms with E-state index < -0.39 is 11.9 Å². The van der Waals surface area contributed by atoms with Crippen molar-refractivity contribution in [3.05, 3.63) is 24.0 Å². The molecule has 1 aromatic rings. The molecule has 1 aliphatic rings. The molecule has 1 atom stereocenters. The van der Waals surface area contributed by atoms with Gasteiger partial charge in [0.2, 0.25) is 0 Å². The molecule has 0 spiro atoms. The highest BCUT2D eigenvalue weighted by Crippen LogP contribution is 2.27. The smallest absolute Gasteiger partial charge is 0.382 e. The number of nitrogens with one attached hydrogen (secondary N) is 2. The van der Waals surface area contributed by atoms with Gasteiger partial charge in [-0.1, -0.05) is 6.42 Å². The number of pyridine rings is 1. The highest BCUT2D eigenvalue weighted by molar-refractivity contribution is 5.41. The number of rotatable bonds is 3. The van der Waals surface area contributed by atoms with E-state index in [9.17, 15) is 13.2 Å². The van der Waals surface area contributed by atoms with E-state index >= 15 is 0 Å². The molecular formula is C12H16F3N3. The number of anilines is 1. The normalized spacial score (nSPS) is 20.7. The standard InChI is InChI=1S/C12H16F3N3/c13-12(14,15)11-5-4-10(8-18-11)17-7-9-3-1-2-6-16-9/h4-5,8-9,16-17H,1-3,6-7H2. The topological polar surface area (TPSA) is 37.0 Å². The summed E-state index contributed by atoms with van der Waals surface area (Å²) < 4.78 is 36.9. The number of hydrogen-bond donors (Lipinski definition) is 2. The Morgan fingerprint density at radius 1 is 1.33 bits per heavy atom. The highest BCUT2D eigenvalue weighted by atomic mass is 19.4. The fourth-order valence-electron chi connectivity index (χ4n) is 2.01. The van der Waals surface area contributed by atoms with Gasteiger partial charge in [-0.3, -0.25) is 0 Å². The summed E-state index contributed by atoms with van der Waals surface area (Å²) in [5, 5.41) is 6.46. The first-order valence-electron chi connectivity index (χ1n) is 6.06. The zero-order chi connectivity index (χ0) is 13.0. The molecule has 0 saturated carbocycles. The van der Waals surface area contributed by atoms with Crippen molar-refractivity contribution in [3.63, 3.8) is 0 Å². The molecular weight excluding hydrogens is 243 g/mol. The second-order valence-corrected chi connectivity index (χ2v) is 4.46. The fraction of sp³-hybridized carbons (Fsp3) is 0.583. The van der Waals surface area contributed by atoms with E-state index in [0.717, 1.165) is 19.0 Å². The monoisotopic (exact) mass is 259 g/mol. The van der Waals surface area contributed by atoms with E-state index in [0.29, 0.717) is 18.3 Å². The SMILES string of the molecule is FC(F)(F)c1ccc(NCC2CCCCN2)cn1. The Morgan fingerprint density at radius 3 is 2.72 bits per heavy atom. The van der Waals surface area contributed by atoms with Crippen molar-refractivity contribution in [2.75, 3.05) is 18.4 Å². The lowest BCUT2D eigenvalue weighted by Crippen LogP contribution is -2.39. The first-order valence-corrected chi connectivity index (χ1v) is 6.06. The lowest BCUT2D eigenvalue weighted by Gasteiger charge is -2.24. The summed E-state index contributed by atoms with van der Waals surface area (Å²) in [5.74, 6) is 0. The molecule has 3 nitrogen and oxygen atoms in total. The highest BCUT2D eigenvalue weighted by Gasteiger charge is 2.31. The first-order chi connectivity index (χ1) is 8.55. The van der Waals surface area contributed by atoms with Crippen LogP contribution in [-0.2, 0) is 6.18 Å². The number of halogens is 3. The van der Waals surface area contributed by atoms with E-state index in [1.54, 1.807) is 0 Å². The van der Waals surface area contributed by atoms with Gasteiger partial charge in [-0.25, -0.2) is 4.98 Å². The Hall–Kier alpha value is -1.30. The van der Waals surface area contributed by atoms with Gasteiger partial charge in [-0.2, -0.15) is 13.2 Å². The van der Waals surface area contributed by atoms with Gasteiger partial charge in [-0.15, -0.1) is 0 Å². The molecule has 2 N–H and O–H groups in total. The number of alkyl halides is 3. The summed E-state index contributed by atoms with van der Waals surface area (Å²) in [6.07, 6.45) is 0.346. The minimum atomic E-state index is -4.37. The molecule has 18 heavy (non-hydrogen) atoms. The van der Waals surface area contributed by atoms with Crippen LogP contribution in [0.25, 0.3) is 0 Å². The lowest BCUT2D eigenvalue weighted by atomic mass is 10.1. The van der Waals surface area contributed by atoms with Gasteiger partial charge in [-0.05, 0) is 31.5 Å². The zero-order valence-electron chi connectivity index (χ0n) is 9.93. The fourth-order valence-corrected chi connectivity index (χ4v) is 2.01. The maximum absolute atomic E-state index is 12.3. The molecule has 0 aliphatic carbocycles. The minimum absolute atomic E-state index is 0.390. The van der Waals surface area contributed by atoms with Crippen LogP contribution in [0, 0.1) is 0 Å². The third-order valence-corrected chi connectivity index (χ3v) is 3.02. The first kappa shape index (κ1) is 13.1. The van der Waals surface area contributed by atoms with Gasteiger partial charge in [0.25, 0.3) is 0 Å². The molecule has 1 aromatic heterocycles. The van der Waals surface area contributed by atoms with Crippen LogP contribution in [0.3, 0.4) is 0 Å². The average molecular weight is 259 g/mol. The molecule has 0 bridgehead atoms. The molecule has 2 rings (SSSR count). The molecule has 1 unspecified atom stereocenters. The molecule has 0 radical (unpaired) electrons. The maximum atomic E-state index is 12.3. The van der Waals surface area contributed by atoms with Crippen LogP contribution < -0.4 is 10.6 Å². The van der Waals surface area contributed by atoms with Gasteiger partial charge in [0.1, 0.15) is 5.69 Å². The predicted molar refractivity (Wildman–Crippen MR) is 63.4 cm³/mol. The third kappa shape index (κ3) is 3.60. The number of nitrogens with zero attached hydrogens (tertiary/aromatic N) is 1. The van der Waals surface area contributed by atoms with Crippen molar-refractivity contribution in [2.45, 2.75) is 31.5 Å². The molecule has 0 aromatic carbocycles. The van der Waals surface area contributed by atoms with Crippen LogP contribution in [0.2, 0.25) is 0 Å². The number of aromatic nitrogens is 1. The zero-order valence-corrected chi connectivity index (χ0v) is 9.93. The van der Waals surface area contributed by atoms with Gasteiger partial charge in [0.15, 0.2) is 0 Å². The predicted octanol–water partition coefficient (Wildman–Crippen LogP) is 2.65. The van der Waals surface area contributed by atoms with Crippen LogP contribution in [0.1, 0.15) is 25.0 Å². The minimum Gasteiger partial charge on any atom is -0.382 e. The van der Waals surface area contributed by atoms with Crippen LogP contribution in [0.5, 0.6) is 0 Å². The van der Waals surface area contributed by atoms with Crippen LogP contribution in [0.15, 0.2) is 18.3 Å². The van der Waals surface area contributed by atoms with Gasteiger partial charge in [0.05, 0.1) is 11.9 Å². The number of hydrogen-bond acceptors (Lipinski definition) is 3. The van der Waals surface area contributed by atoms with Crippen molar-refractivity contribution in [1.29, 1.82) is 0 Å². The molecule has 1 saturated heterocycles. The van der Waals surface area contributed by atoms with E-state index in [-0.39, 0.29) is 0 Å². The van der Waals surface area contributed by atoms with Crippen molar-refractivity contribution in [1.82, 2.24) is 10.3 Å². The molecule has 2 heterocycles. The van der Waals surface area contributed by atoms with Gasteiger partial charge < -0.3 is 10.6 Å². The second-order valence-electron chi connectivity index (χ2n) is 4.46. The summed E-state index contributed by atoms with van der Waals surface area (Å²) in [5.41, 5.74) is -0.237. The maximum Gasteiger partial charge on any atom is 0.433 e. The Bertz CT molecular complexity index is 369. The van der Waals surface area contributed by atoms with Crippen LogP contribution in [0.4, 0.5) is 18.9 Å². The van der Waals surface area contributed by atoms with Gasteiger partial charge >= 0.3 is 6.18 Å². The molecule has 1 fully saturated rings. The summed E-state index contributed by atoms with van der Waals surface area (Å²) in [7, 11) is 0. The summed E-state index contributed by atoms with van der Waals surface area (Å²) in [6.45, 7) is 1.73. The number of piperidine rings is 1. The Labute approximate surface area is 104 Å². The third-order valence-electron chi connectivity index (χ3n) is 3.02. The van der Waals surface area contributed by atoms with Crippen molar-refractivity contribution >= 4 is 5.69 Å². The second kappa shape index (κ2) is 5.56. The van der Waals surface area contributed by atoms with E-state index in [1.165, 1.54) is 25.1 Å². The van der Waals surface area contributed by atoms with Crippen LogP contribution in [-0.4, -0.2) is 24.1 Å². The van der Waals surface area contributed by atoms with Crippen molar-refractivity contribution in [2.24, 2.45) is 0 Å². The van der Waals surface area contributed by atoms with E-state index in [2.05, 4.69) is 15.6 Å². The largest absolute Gasteiger partial charge is 0.433 e.